The number of anilines is 2. The minimum atomic E-state index is 0.0373. The number of aromatic nitrogens is 2. The summed E-state index contributed by atoms with van der Waals surface area (Å²) in [4.78, 5) is 28.2. The molecule has 0 aliphatic carbocycles. The van der Waals surface area contributed by atoms with Crippen molar-refractivity contribution in [1.29, 1.82) is 0 Å². The van der Waals surface area contributed by atoms with E-state index < -0.39 is 0 Å². The number of piperazine rings is 1. The monoisotopic (exact) mass is 383 g/mol. The zero-order chi connectivity index (χ0) is 19.3. The van der Waals surface area contributed by atoms with Gasteiger partial charge in [-0.3, -0.25) is 4.79 Å². The van der Waals surface area contributed by atoms with Crippen molar-refractivity contribution in [1.82, 2.24) is 14.9 Å². The highest BCUT2D eigenvalue weighted by molar-refractivity contribution is 5.94. The van der Waals surface area contributed by atoms with E-state index in [1.165, 1.54) is 0 Å². The van der Waals surface area contributed by atoms with Crippen molar-refractivity contribution < 1.29 is 14.3 Å². The van der Waals surface area contributed by atoms with Gasteiger partial charge in [0.2, 0.25) is 5.95 Å². The van der Waals surface area contributed by atoms with E-state index in [1.807, 2.05) is 29.2 Å². The average Bonchev–Trinajstić information content (AvgIpc) is 2.79. The largest absolute Gasteiger partial charge is 0.497 e. The van der Waals surface area contributed by atoms with E-state index in [1.54, 1.807) is 19.4 Å². The normalized spacial score (nSPS) is 17.5. The highest BCUT2D eigenvalue weighted by Crippen LogP contribution is 2.19. The summed E-state index contributed by atoms with van der Waals surface area (Å²) in [5, 5.41) is 0. The third-order valence-electron chi connectivity index (χ3n) is 5.13. The van der Waals surface area contributed by atoms with Gasteiger partial charge < -0.3 is 24.2 Å². The lowest BCUT2D eigenvalue weighted by molar-refractivity contribution is 0.0746. The van der Waals surface area contributed by atoms with Crippen molar-refractivity contribution in [2.45, 2.75) is 0 Å². The van der Waals surface area contributed by atoms with E-state index in [9.17, 15) is 4.79 Å². The molecule has 2 saturated heterocycles. The molecule has 0 saturated carbocycles. The number of rotatable bonds is 4. The van der Waals surface area contributed by atoms with Gasteiger partial charge in [0.15, 0.2) is 0 Å². The van der Waals surface area contributed by atoms with Crippen LogP contribution in [0.4, 0.5) is 11.8 Å². The molecule has 1 aromatic carbocycles. The maximum atomic E-state index is 12.8. The molecule has 0 unspecified atom stereocenters. The van der Waals surface area contributed by atoms with Crippen molar-refractivity contribution >= 4 is 17.7 Å². The molecule has 8 nitrogen and oxygen atoms in total. The molecule has 0 bridgehead atoms. The Balaban J connectivity index is 1.39. The van der Waals surface area contributed by atoms with Crippen molar-refractivity contribution in [2.24, 2.45) is 0 Å². The van der Waals surface area contributed by atoms with Crippen LogP contribution in [0.1, 0.15) is 10.4 Å². The standard InChI is InChI=1S/C20H25N5O3/c1-27-17-4-2-3-16(15-17)19(26)24-9-7-23(8-10-24)18-5-6-21-20(22-18)25-11-13-28-14-12-25/h2-6,15H,7-14H2,1H3. The van der Waals surface area contributed by atoms with E-state index in [4.69, 9.17) is 14.5 Å². The Labute approximate surface area is 164 Å². The van der Waals surface area contributed by atoms with Crippen molar-refractivity contribution in [3.8, 4) is 5.75 Å². The predicted octanol–water partition coefficient (Wildman–Crippen LogP) is 1.28. The molecule has 2 aliphatic rings. The lowest BCUT2D eigenvalue weighted by atomic mass is 10.1. The highest BCUT2D eigenvalue weighted by atomic mass is 16.5. The Hall–Kier alpha value is -2.87. The van der Waals surface area contributed by atoms with Gasteiger partial charge in [0.25, 0.3) is 5.91 Å². The van der Waals surface area contributed by atoms with Gasteiger partial charge in [0.05, 0.1) is 20.3 Å². The number of carbonyl (C=O) groups is 1. The fraction of sp³-hybridized carbons (Fsp3) is 0.450. The second-order valence-electron chi connectivity index (χ2n) is 6.83. The van der Waals surface area contributed by atoms with E-state index in [-0.39, 0.29) is 5.91 Å². The Morgan fingerprint density at radius 3 is 2.57 bits per heavy atom. The van der Waals surface area contributed by atoms with E-state index in [2.05, 4.69) is 14.8 Å². The number of carbonyl (C=O) groups excluding carboxylic acids is 1. The first-order chi connectivity index (χ1) is 13.7. The number of morpholine rings is 1. The van der Waals surface area contributed by atoms with Crippen LogP contribution in [0.5, 0.6) is 5.75 Å². The van der Waals surface area contributed by atoms with Crippen LogP contribution in [0.15, 0.2) is 36.5 Å². The Kier molecular flexibility index (Phi) is 5.57. The van der Waals surface area contributed by atoms with Gasteiger partial charge in [-0.05, 0) is 24.3 Å². The molecule has 3 heterocycles. The van der Waals surface area contributed by atoms with Gasteiger partial charge in [-0.25, -0.2) is 4.98 Å². The molecule has 1 aromatic heterocycles. The van der Waals surface area contributed by atoms with Crippen LogP contribution in [-0.2, 0) is 4.74 Å². The molecule has 2 aromatic rings. The SMILES string of the molecule is COc1cccc(C(=O)N2CCN(c3ccnc(N4CCOCC4)n3)CC2)c1. The molecule has 4 rings (SSSR count). The Morgan fingerprint density at radius 1 is 1.04 bits per heavy atom. The molecule has 148 valence electrons. The molecule has 2 aliphatic heterocycles. The summed E-state index contributed by atoms with van der Waals surface area (Å²) in [7, 11) is 1.61. The summed E-state index contributed by atoms with van der Waals surface area (Å²) in [5.41, 5.74) is 0.657. The zero-order valence-corrected chi connectivity index (χ0v) is 16.1. The van der Waals surface area contributed by atoms with Gasteiger partial charge in [-0.2, -0.15) is 4.98 Å². The fourth-order valence-electron chi connectivity index (χ4n) is 3.51. The molecule has 0 N–H and O–H groups in total. The van der Waals surface area contributed by atoms with Gasteiger partial charge in [0.1, 0.15) is 11.6 Å². The molecule has 8 heteroatoms. The van der Waals surface area contributed by atoms with Crippen molar-refractivity contribution in [3.63, 3.8) is 0 Å². The van der Waals surface area contributed by atoms with Crippen LogP contribution in [-0.4, -0.2) is 80.4 Å². The molecular weight excluding hydrogens is 358 g/mol. The molecular formula is C20H25N5O3. The second-order valence-corrected chi connectivity index (χ2v) is 6.83. The number of ether oxygens (including phenoxy) is 2. The van der Waals surface area contributed by atoms with Crippen LogP contribution in [0.2, 0.25) is 0 Å². The van der Waals surface area contributed by atoms with E-state index >= 15 is 0 Å². The topological polar surface area (TPSA) is 71.0 Å². The van der Waals surface area contributed by atoms with Crippen LogP contribution < -0.4 is 14.5 Å². The first-order valence-electron chi connectivity index (χ1n) is 9.58. The summed E-state index contributed by atoms with van der Waals surface area (Å²) in [6.45, 7) is 5.85. The Bertz CT molecular complexity index is 817. The number of hydrogen-bond acceptors (Lipinski definition) is 7. The molecule has 28 heavy (non-hydrogen) atoms. The van der Waals surface area contributed by atoms with Gasteiger partial charge in [0, 0.05) is 51.0 Å². The summed E-state index contributed by atoms with van der Waals surface area (Å²) in [5.74, 6) is 2.39. The quantitative estimate of drug-likeness (QED) is 0.788. The summed E-state index contributed by atoms with van der Waals surface area (Å²) in [6, 6.07) is 9.24. The second kappa shape index (κ2) is 8.43. The fourth-order valence-corrected chi connectivity index (χ4v) is 3.51. The van der Waals surface area contributed by atoms with E-state index in [0.717, 1.165) is 37.9 Å². The first-order valence-corrected chi connectivity index (χ1v) is 9.58. The minimum Gasteiger partial charge on any atom is -0.497 e. The minimum absolute atomic E-state index is 0.0373. The van der Waals surface area contributed by atoms with Gasteiger partial charge in [-0.1, -0.05) is 6.07 Å². The number of benzene rings is 1. The molecule has 0 spiro atoms. The summed E-state index contributed by atoms with van der Waals surface area (Å²) in [6.07, 6.45) is 1.81. The van der Waals surface area contributed by atoms with Crippen LogP contribution in [0.25, 0.3) is 0 Å². The number of methoxy groups -OCH3 is 1. The molecule has 2 fully saturated rings. The smallest absolute Gasteiger partial charge is 0.254 e. The zero-order valence-electron chi connectivity index (χ0n) is 16.1. The first kappa shape index (κ1) is 18.5. The van der Waals surface area contributed by atoms with Crippen molar-refractivity contribution in [2.75, 3.05) is 69.4 Å². The number of amides is 1. The van der Waals surface area contributed by atoms with Crippen LogP contribution in [0, 0.1) is 0 Å². The summed E-state index contributed by atoms with van der Waals surface area (Å²) < 4.78 is 10.6. The number of nitrogens with zero attached hydrogens (tertiary/aromatic N) is 5. The maximum absolute atomic E-state index is 12.8. The van der Waals surface area contributed by atoms with Crippen LogP contribution >= 0.6 is 0 Å². The highest BCUT2D eigenvalue weighted by Gasteiger charge is 2.24. The molecule has 0 radical (unpaired) electrons. The Morgan fingerprint density at radius 2 is 1.82 bits per heavy atom. The average molecular weight is 383 g/mol. The lowest BCUT2D eigenvalue weighted by Gasteiger charge is -2.36. The third-order valence-corrected chi connectivity index (χ3v) is 5.13. The van der Waals surface area contributed by atoms with Gasteiger partial charge >= 0.3 is 0 Å². The molecule has 0 atom stereocenters. The lowest BCUT2D eigenvalue weighted by Crippen LogP contribution is -2.49. The molecule has 1 amide bonds. The van der Waals surface area contributed by atoms with Crippen LogP contribution in [0.3, 0.4) is 0 Å². The van der Waals surface area contributed by atoms with E-state index in [0.29, 0.717) is 37.6 Å². The maximum Gasteiger partial charge on any atom is 0.254 e. The predicted molar refractivity (Wildman–Crippen MR) is 106 cm³/mol. The number of hydrogen-bond donors (Lipinski definition) is 0. The van der Waals surface area contributed by atoms with Gasteiger partial charge in [-0.15, -0.1) is 0 Å². The van der Waals surface area contributed by atoms with Crippen molar-refractivity contribution in [3.05, 3.63) is 42.1 Å². The third kappa shape index (κ3) is 4.01. The summed E-state index contributed by atoms with van der Waals surface area (Å²) >= 11 is 0.